The van der Waals surface area contributed by atoms with Crippen LogP contribution in [0.4, 0.5) is 5.69 Å². The molecule has 30 heavy (non-hydrogen) atoms. The Morgan fingerprint density at radius 3 is 2.03 bits per heavy atom. The molecule has 3 rings (SSSR count). The number of carbonyl (C=O) groups is 2. The number of nitrogens with two attached hydrogens (primary N) is 1. The molecule has 2 amide bonds. The second-order valence-electron chi connectivity index (χ2n) is 6.72. The van der Waals surface area contributed by atoms with Gasteiger partial charge in [-0.05, 0) is 48.9 Å². The van der Waals surface area contributed by atoms with Crippen molar-refractivity contribution in [2.24, 2.45) is 5.73 Å². The third-order valence-corrected chi connectivity index (χ3v) is 5.82. The smallest absolute Gasteiger partial charge is 0.261 e. The highest BCUT2D eigenvalue weighted by atomic mass is 32.2. The van der Waals surface area contributed by atoms with E-state index in [1.54, 1.807) is 54.6 Å². The number of carbonyl (C=O) groups excluding carboxylic acids is 2. The van der Waals surface area contributed by atoms with Gasteiger partial charge in [-0.3, -0.25) is 14.3 Å². The standard InChI is InChI=1S/C22H21N3O4S/c1-15-7-11-18(12-8-15)25-30(28,29)19-13-9-17(10-14-19)22(27)24-20(21(23)26)16-5-3-2-4-6-16/h2-14,20,25H,1H3,(H2,23,26)(H,24,27). The summed E-state index contributed by atoms with van der Waals surface area (Å²) >= 11 is 0. The molecule has 0 spiro atoms. The van der Waals surface area contributed by atoms with Crippen molar-refractivity contribution in [3.05, 3.63) is 95.6 Å². The molecular weight excluding hydrogens is 402 g/mol. The third kappa shape index (κ3) is 5.03. The average Bonchev–Trinajstić information content (AvgIpc) is 2.74. The van der Waals surface area contributed by atoms with Gasteiger partial charge in [0.1, 0.15) is 6.04 Å². The molecule has 154 valence electrons. The van der Waals surface area contributed by atoms with E-state index in [-0.39, 0.29) is 10.5 Å². The van der Waals surface area contributed by atoms with Gasteiger partial charge in [0.15, 0.2) is 0 Å². The van der Waals surface area contributed by atoms with Gasteiger partial charge in [0.05, 0.1) is 4.90 Å². The summed E-state index contributed by atoms with van der Waals surface area (Å²) in [5.74, 6) is -1.24. The van der Waals surface area contributed by atoms with Crippen LogP contribution in [0.1, 0.15) is 27.5 Å². The van der Waals surface area contributed by atoms with Crippen LogP contribution in [0, 0.1) is 6.92 Å². The maximum Gasteiger partial charge on any atom is 0.261 e. The molecule has 0 radical (unpaired) electrons. The summed E-state index contributed by atoms with van der Waals surface area (Å²) < 4.78 is 27.6. The van der Waals surface area contributed by atoms with Crippen molar-refractivity contribution >= 4 is 27.5 Å². The zero-order chi connectivity index (χ0) is 21.7. The zero-order valence-corrected chi connectivity index (χ0v) is 17.0. The van der Waals surface area contributed by atoms with Gasteiger partial charge in [0.25, 0.3) is 15.9 Å². The van der Waals surface area contributed by atoms with Gasteiger partial charge in [0, 0.05) is 11.3 Å². The highest BCUT2D eigenvalue weighted by Crippen LogP contribution is 2.18. The van der Waals surface area contributed by atoms with Crippen molar-refractivity contribution in [3.8, 4) is 0 Å². The Morgan fingerprint density at radius 2 is 1.47 bits per heavy atom. The first-order valence-corrected chi connectivity index (χ1v) is 10.6. The summed E-state index contributed by atoms with van der Waals surface area (Å²) in [6.45, 7) is 1.91. The Labute approximate surface area is 175 Å². The Bertz CT molecular complexity index is 1140. The van der Waals surface area contributed by atoms with E-state index >= 15 is 0 Å². The van der Waals surface area contributed by atoms with Gasteiger partial charge < -0.3 is 11.1 Å². The lowest BCUT2D eigenvalue weighted by atomic mass is 10.1. The molecule has 0 saturated carbocycles. The molecule has 3 aromatic rings. The molecule has 0 aliphatic rings. The largest absolute Gasteiger partial charge is 0.368 e. The van der Waals surface area contributed by atoms with Crippen molar-refractivity contribution in [1.82, 2.24) is 5.32 Å². The number of aryl methyl sites for hydroxylation is 1. The van der Waals surface area contributed by atoms with E-state index < -0.39 is 27.9 Å². The molecule has 0 fully saturated rings. The van der Waals surface area contributed by atoms with Crippen molar-refractivity contribution < 1.29 is 18.0 Å². The zero-order valence-electron chi connectivity index (χ0n) is 16.2. The first-order valence-electron chi connectivity index (χ1n) is 9.11. The fourth-order valence-corrected chi connectivity index (χ4v) is 3.86. The fraction of sp³-hybridized carbons (Fsp3) is 0.0909. The number of hydrogen-bond acceptors (Lipinski definition) is 4. The number of benzene rings is 3. The molecule has 1 atom stereocenters. The Hall–Kier alpha value is -3.65. The van der Waals surface area contributed by atoms with E-state index in [0.717, 1.165) is 5.56 Å². The van der Waals surface area contributed by atoms with Gasteiger partial charge >= 0.3 is 0 Å². The lowest BCUT2D eigenvalue weighted by Gasteiger charge is -2.16. The van der Waals surface area contributed by atoms with Crippen LogP contribution in [0.15, 0.2) is 83.8 Å². The SMILES string of the molecule is Cc1ccc(NS(=O)(=O)c2ccc(C(=O)NC(C(N)=O)c3ccccc3)cc2)cc1. The summed E-state index contributed by atoms with van der Waals surface area (Å²) in [5.41, 5.74) is 7.63. The van der Waals surface area contributed by atoms with Crippen LogP contribution >= 0.6 is 0 Å². The monoisotopic (exact) mass is 423 g/mol. The van der Waals surface area contributed by atoms with Gasteiger partial charge in [-0.15, -0.1) is 0 Å². The molecule has 0 heterocycles. The topological polar surface area (TPSA) is 118 Å². The minimum absolute atomic E-state index is 0.00846. The summed E-state index contributed by atoms with van der Waals surface area (Å²) in [7, 11) is -3.80. The van der Waals surface area contributed by atoms with Crippen LogP contribution in [0.3, 0.4) is 0 Å². The molecule has 0 aliphatic heterocycles. The number of nitrogens with one attached hydrogen (secondary N) is 2. The van der Waals surface area contributed by atoms with Crippen molar-refractivity contribution in [1.29, 1.82) is 0 Å². The van der Waals surface area contributed by atoms with Crippen LogP contribution in [-0.2, 0) is 14.8 Å². The minimum atomic E-state index is -3.80. The van der Waals surface area contributed by atoms with Crippen LogP contribution in [0.5, 0.6) is 0 Å². The second-order valence-corrected chi connectivity index (χ2v) is 8.40. The van der Waals surface area contributed by atoms with E-state index in [1.165, 1.54) is 24.3 Å². The molecule has 0 aliphatic carbocycles. The Kier molecular flexibility index (Phi) is 6.17. The highest BCUT2D eigenvalue weighted by molar-refractivity contribution is 7.92. The van der Waals surface area contributed by atoms with Crippen LogP contribution in [0.25, 0.3) is 0 Å². The molecule has 1 unspecified atom stereocenters. The number of primary amides is 1. The summed E-state index contributed by atoms with van der Waals surface area (Å²) in [6, 6.07) is 20.0. The van der Waals surface area contributed by atoms with Gasteiger partial charge in [-0.25, -0.2) is 8.42 Å². The minimum Gasteiger partial charge on any atom is -0.368 e. The van der Waals surface area contributed by atoms with E-state index in [9.17, 15) is 18.0 Å². The van der Waals surface area contributed by atoms with Crippen molar-refractivity contribution in [2.75, 3.05) is 4.72 Å². The number of amides is 2. The molecular formula is C22H21N3O4S. The first kappa shape index (κ1) is 21.1. The van der Waals surface area contributed by atoms with Gasteiger partial charge in [0.2, 0.25) is 5.91 Å². The summed E-state index contributed by atoms with van der Waals surface area (Å²) in [5, 5.41) is 2.57. The molecule has 3 aromatic carbocycles. The van der Waals surface area contributed by atoms with E-state index in [0.29, 0.717) is 11.3 Å². The van der Waals surface area contributed by atoms with Crippen LogP contribution in [0.2, 0.25) is 0 Å². The fourth-order valence-electron chi connectivity index (χ4n) is 2.80. The third-order valence-electron chi connectivity index (χ3n) is 4.42. The maximum atomic E-state index is 12.5. The lowest BCUT2D eigenvalue weighted by molar-refractivity contribution is -0.120. The number of sulfonamides is 1. The normalized spacial score (nSPS) is 12.0. The molecule has 0 bridgehead atoms. The predicted octanol–water partition coefficient (Wildman–Crippen LogP) is 2.75. The van der Waals surface area contributed by atoms with E-state index in [1.807, 2.05) is 6.92 Å². The molecule has 0 aromatic heterocycles. The first-order chi connectivity index (χ1) is 14.3. The number of rotatable bonds is 7. The molecule has 8 heteroatoms. The van der Waals surface area contributed by atoms with E-state index in [4.69, 9.17) is 5.73 Å². The van der Waals surface area contributed by atoms with Gasteiger partial charge in [-0.2, -0.15) is 0 Å². The number of anilines is 1. The number of hydrogen-bond donors (Lipinski definition) is 3. The van der Waals surface area contributed by atoms with E-state index in [2.05, 4.69) is 10.0 Å². The Morgan fingerprint density at radius 1 is 0.867 bits per heavy atom. The van der Waals surface area contributed by atoms with Crippen LogP contribution < -0.4 is 15.8 Å². The Balaban J connectivity index is 1.75. The summed E-state index contributed by atoms with van der Waals surface area (Å²) in [4.78, 5) is 24.3. The van der Waals surface area contributed by atoms with Crippen LogP contribution in [-0.4, -0.2) is 20.2 Å². The predicted molar refractivity (Wildman–Crippen MR) is 114 cm³/mol. The molecule has 0 saturated heterocycles. The maximum absolute atomic E-state index is 12.5. The molecule has 7 nitrogen and oxygen atoms in total. The van der Waals surface area contributed by atoms with Crippen molar-refractivity contribution in [3.63, 3.8) is 0 Å². The highest BCUT2D eigenvalue weighted by Gasteiger charge is 2.21. The van der Waals surface area contributed by atoms with Gasteiger partial charge in [-0.1, -0.05) is 48.0 Å². The average molecular weight is 423 g/mol. The summed E-state index contributed by atoms with van der Waals surface area (Å²) in [6.07, 6.45) is 0. The molecule has 4 N–H and O–H groups in total. The van der Waals surface area contributed by atoms with Crippen molar-refractivity contribution in [2.45, 2.75) is 17.9 Å². The quantitative estimate of drug-likeness (QED) is 0.541. The second kappa shape index (κ2) is 8.79. The lowest BCUT2D eigenvalue weighted by Crippen LogP contribution is -2.37.